The molecule has 3 aromatic rings. The normalized spacial score (nSPS) is 15.2. The quantitative estimate of drug-likeness (QED) is 0.406. The van der Waals surface area contributed by atoms with Crippen LogP contribution in [0.15, 0.2) is 47.1 Å². The number of likely N-dealkylation sites (tertiary alicyclic amines) is 1. The standard InChI is InChI=1S/C28H33NO4/c1-6-32-27-20(4)28-24(25(17-33-28)21-8-7-9-22(15-21)31-5)16-23(27)19(3)14-26(30)29-12-10-18(2)11-13-29/h7-9,14-18H,6,10-13H2,1-5H3/b19-14+. The number of hydrogen-bond donors (Lipinski definition) is 0. The van der Waals surface area contributed by atoms with Crippen molar-refractivity contribution in [2.45, 2.75) is 40.5 Å². The van der Waals surface area contributed by atoms with Crippen LogP contribution in [0.25, 0.3) is 27.7 Å². The fraction of sp³-hybridized carbons (Fsp3) is 0.393. The second kappa shape index (κ2) is 9.74. The van der Waals surface area contributed by atoms with Gasteiger partial charge in [-0.3, -0.25) is 4.79 Å². The smallest absolute Gasteiger partial charge is 0.246 e. The number of aryl methyl sites for hydroxylation is 1. The van der Waals surface area contributed by atoms with E-state index in [9.17, 15) is 4.79 Å². The number of ether oxygens (including phenoxy) is 2. The van der Waals surface area contributed by atoms with Gasteiger partial charge in [-0.1, -0.05) is 19.1 Å². The molecule has 0 bridgehead atoms. The highest BCUT2D eigenvalue weighted by atomic mass is 16.5. The van der Waals surface area contributed by atoms with Crippen molar-refractivity contribution in [3.63, 3.8) is 0 Å². The monoisotopic (exact) mass is 447 g/mol. The number of nitrogens with zero attached hydrogens (tertiary/aromatic N) is 1. The maximum atomic E-state index is 13.0. The number of methoxy groups -OCH3 is 1. The van der Waals surface area contributed by atoms with E-state index in [4.69, 9.17) is 13.9 Å². The van der Waals surface area contributed by atoms with Crippen LogP contribution in [0.1, 0.15) is 44.7 Å². The summed E-state index contributed by atoms with van der Waals surface area (Å²) in [6.45, 7) is 10.4. The highest BCUT2D eigenvalue weighted by molar-refractivity contribution is 6.01. The molecule has 174 valence electrons. The molecular weight excluding hydrogens is 414 g/mol. The summed E-state index contributed by atoms with van der Waals surface area (Å²) in [5, 5.41) is 0.992. The molecule has 0 saturated carbocycles. The molecule has 1 fully saturated rings. The summed E-state index contributed by atoms with van der Waals surface area (Å²) < 4.78 is 17.5. The van der Waals surface area contributed by atoms with Crippen molar-refractivity contribution in [1.29, 1.82) is 0 Å². The van der Waals surface area contributed by atoms with Crippen LogP contribution in [-0.2, 0) is 4.79 Å². The Morgan fingerprint density at radius 2 is 2.00 bits per heavy atom. The van der Waals surface area contributed by atoms with Gasteiger partial charge in [0, 0.05) is 41.2 Å². The summed E-state index contributed by atoms with van der Waals surface area (Å²) in [5.74, 6) is 2.32. The molecule has 0 aliphatic carbocycles. The van der Waals surface area contributed by atoms with Crippen LogP contribution in [0.5, 0.6) is 11.5 Å². The number of rotatable bonds is 6. The zero-order chi connectivity index (χ0) is 23.5. The first-order valence-corrected chi connectivity index (χ1v) is 11.7. The molecule has 0 radical (unpaired) electrons. The number of furan rings is 1. The number of amides is 1. The lowest BCUT2D eigenvalue weighted by Crippen LogP contribution is -2.36. The third kappa shape index (κ3) is 4.63. The second-order valence-electron chi connectivity index (χ2n) is 8.90. The summed E-state index contributed by atoms with van der Waals surface area (Å²) >= 11 is 0. The highest BCUT2D eigenvalue weighted by Crippen LogP contribution is 2.41. The van der Waals surface area contributed by atoms with Crippen LogP contribution < -0.4 is 9.47 Å². The fourth-order valence-corrected chi connectivity index (χ4v) is 4.54. The van der Waals surface area contributed by atoms with E-state index < -0.39 is 0 Å². The number of carbonyl (C=O) groups excluding carboxylic acids is 1. The Labute approximate surface area is 196 Å². The Bertz CT molecular complexity index is 1180. The maximum absolute atomic E-state index is 13.0. The van der Waals surface area contributed by atoms with Crippen molar-refractivity contribution >= 4 is 22.4 Å². The lowest BCUT2D eigenvalue weighted by atomic mass is 9.96. The van der Waals surface area contributed by atoms with E-state index >= 15 is 0 Å². The van der Waals surface area contributed by atoms with Gasteiger partial charge in [-0.05, 0) is 68.9 Å². The van der Waals surface area contributed by atoms with Gasteiger partial charge in [0.05, 0.1) is 20.0 Å². The van der Waals surface area contributed by atoms with Gasteiger partial charge in [0.15, 0.2) is 0 Å². The maximum Gasteiger partial charge on any atom is 0.246 e. The summed E-state index contributed by atoms with van der Waals surface area (Å²) in [7, 11) is 1.66. The molecule has 4 rings (SSSR count). The molecule has 1 aliphatic rings. The number of carbonyl (C=O) groups is 1. The van der Waals surface area contributed by atoms with Crippen molar-refractivity contribution < 1.29 is 18.7 Å². The van der Waals surface area contributed by atoms with Gasteiger partial charge in [-0.15, -0.1) is 0 Å². The number of hydrogen-bond acceptors (Lipinski definition) is 4. The largest absolute Gasteiger partial charge is 0.497 e. The minimum Gasteiger partial charge on any atom is -0.497 e. The first-order valence-electron chi connectivity index (χ1n) is 11.7. The van der Waals surface area contributed by atoms with Gasteiger partial charge >= 0.3 is 0 Å². The minimum absolute atomic E-state index is 0.0693. The topological polar surface area (TPSA) is 51.9 Å². The average Bonchev–Trinajstić information content (AvgIpc) is 3.25. The molecule has 33 heavy (non-hydrogen) atoms. The van der Waals surface area contributed by atoms with E-state index in [1.807, 2.05) is 49.9 Å². The molecule has 0 spiro atoms. The van der Waals surface area contributed by atoms with Crippen LogP contribution in [0.4, 0.5) is 0 Å². The molecule has 2 aromatic carbocycles. The Balaban J connectivity index is 1.79. The summed E-state index contributed by atoms with van der Waals surface area (Å²) in [5.41, 5.74) is 5.55. The van der Waals surface area contributed by atoms with Crippen molar-refractivity contribution in [2.75, 3.05) is 26.8 Å². The van der Waals surface area contributed by atoms with Gasteiger partial charge in [0.25, 0.3) is 0 Å². The molecule has 5 heteroatoms. The Morgan fingerprint density at radius 3 is 2.70 bits per heavy atom. The summed E-state index contributed by atoms with van der Waals surface area (Å²) in [6.07, 6.45) is 5.66. The van der Waals surface area contributed by atoms with Crippen LogP contribution in [0, 0.1) is 12.8 Å². The first-order chi connectivity index (χ1) is 15.9. The van der Waals surface area contributed by atoms with Crippen molar-refractivity contribution in [2.24, 2.45) is 5.92 Å². The lowest BCUT2D eigenvalue weighted by molar-refractivity contribution is -0.127. The molecule has 5 nitrogen and oxygen atoms in total. The summed E-state index contributed by atoms with van der Waals surface area (Å²) in [6, 6.07) is 10.0. The van der Waals surface area contributed by atoms with E-state index in [2.05, 4.69) is 13.0 Å². The van der Waals surface area contributed by atoms with Crippen LogP contribution in [0.3, 0.4) is 0 Å². The Hall–Kier alpha value is -3.21. The molecule has 2 heterocycles. The third-order valence-electron chi connectivity index (χ3n) is 6.57. The van der Waals surface area contributed by atoms with E-state index in [1.165, 1.54) is 0 Å². The van der Waals surface area contributed by atoms with E-state index in [0.29, 0.717) is 12.5 Å². The van der Waals surface area contributed by atoms with Crippen LogP contribution >= 0.6 is 0 Å². The molecule has 1 aliphatic heterocycles. The second-order valence-corrected chi connectivity index (χ2v) is 8.90. The van der Waals surface area contributed by atoms with Gasteiger partial charge in [-0.2, -0.15) is 0 Å². The van der Waals surface area contributed by atoms with Crippen molar-refractivity contribution in [3.05, 3.63) is 53.8 Å². The van der Waals surface area contributed by atoms with Gasteiger partial charge in [0.2, 0.25) is 5.91 Å². The third-order valence-corrected chi connectivity index (χ3v) is 6.57. The van der Waals surface area contributed by atoms with E-state index in [1.54, 1.807) is 19.4 Å². The average molecular weight is 448 g/mol. The van der Waals surface area contributed by atoms with E-state index in [-0.39, 0.29) is 5.91 Å². The van der Waals surface area contributed by atoms with Crippen LogP contribution in [-0.4, -0.2) is 37.6 Å². The molecule has 1 saturated heterocycles. The highest BCUT2D eigenvalue weighted by Gasteiger charge is 2.22. The van der Waals surface area contributed by atoms with Crippen molar-refractivity contribution in [3.8, 4) is 22.6 Å². The SMILES string of the molecule is CCOc1c(/C(C)=C/C(=O)N2CCC(C)CC2)cc2c(-c3cccc(OC)c3)coc2c1C. The summed E-state index contributed by atoms with van der Waals surface area (Å²) in [4.78, 5) is 14.9. The Kier molecular flexibility index (Phi) is 6.77. The molecule has 1 aromatic heterocycles. The van der Waals surface area contributed by atoms with Gasteiger partial charge in [0.1, 0.15) is 17.1 Å². The van der Waals surface area contributed by atoms with Gasteiger partial charge in [-0.25, -0.2) is 0 Å². The minimum atomic E-state index is 0.0693. The zero-order valence-corrected chi connectivity index (χ0v) is 20.2. The number of piperidine rings is 1. The lowest BCUT2D eigenvalue weighted by Gasteiger charge is -2.29. The predicted octanol–water partition coefficient (Wildman–Crippen LogP) is 6.48. The predicted molar refractivity (Wildman–Crippen MR) is 133 cm³/mol. The molecular formula is C28H33NO4. The molecule has 1 amide bonds. The molecule has 0 unspecified atom stereocenters. The molecule has 0 N–H and O–H groups in total. The fourth-order valence-electron chi connectivity index (χ4n) is 4.54. The molecule has 0 atom stereocenters. The van der Waals surface area contributed by atoms with Crippen LogP contribution in [0.2, 0.25) is 0 Å². The number of allylic oxidation sites excluding steroid dienone is 1. The van der Waals surface area contributed by atoms with E-state index in [0.717, 1.165) is 76.2 Å². The van der Waals surface area contributed by atoms with Crippen molar-refractivity contribution in [1.82, 2.24) is 4.90 Å². The zero-order valence-electron chi connectivity index (χ0n) is 20.2. The number of benzene rings is 2. The van der Waals surface area contributed by atoms with Gasteiger partial charge < -0.3 is 18.8 Å². The first kappa shape index (κ1) is 23.0. The Morgan fingerprint density at radius 1 is 1.24 bits per heavy atom. The number of fused-ring (bicyclic) bond motifs is 1.